The maximum absolute atomic E-state index is 12.9. The van der Waals surface area contributed by atoms with Crippen molar-refractivity contribution in [2.45, 2.75) is 0 Å². The Hall–Kier alpha value is -3.02. The predicted molar refractivity (Wildman–Crippen MR) is 74.1 cm³/mol. The molecular weight excluding hydrogens is 273 g/mol. The molecule has 2 heterocycles. The summed E-state index contributed by atoms with van der Waals surface area (Å²) in [6, 6.07) is 9.21. The Balaban J connectivity index is 1.86. The maximum Gasteiger partial charge on any atom is 0.301 e. The van der Waals surface area contributed by atoms with Crippen LogP contribution < -0.4 is 5.32 Å². The summed E-state index contributed by atoms with van der Waals surface area (Å²) in [7, 11) is 0. The number of anilines is 1. The van der Waals surface area contributed by atoms with Crippen molar-refractivity contribution in [1.29, 1.82) is 0 Å². The van der Waals surface area contributed by atoms with E-state index in [-0.39, 0.29) is 17.7 Å². The van der Waals surface area contributed by atoms with Gasteiger partial charge < -0.3 is 4.42 Å². The third-order valence-corrected chi connectivity index (χ3v) is 2.81. The number of carbonyl (C=O) groups excluding carboxylic acids is 1. The van der Waals surface area contributed by atoms with Gasteiger partial charge in [0, 0.05) is 17.3 Å². The van der Waals surface area contributed by atoms with Crippen molar-refractivity contribution in [2.75, 3.05) is 5.32 Å². The molecule has 0 saturated carbocycles. The largest absolute Gasteiger partial charge is 0.432 e. The van der Waals surface area contributed by atoms with E-state index in [2.05, 4.69) is 15.3 Å². The van der Waals surface area contributed by atoms with Crippen LogP contribution in [0, 0.1) is 5.82 Å². The zero-order chi connectivity index (χ0) is 14.7. The smallest absolute Gasteiger partial charge is 0.301 e. The van der Waals surface area contributed by atoms with Crippen molar-refractivity contribution in [3.8, 4) is 11.3 Å². The lowest BCUT2D eigenvalue weighted by Crippen LogP contribution is -2.12. The van der Waals surface area contributed by atoms with Gasteiger partial charge in [0.1, 0.15) is 12.1 Å². The summed E-state index contributed by atoms with van der Waals surface area (Å²) in [4.78, 5) is 20.0. The molecule has 1 N–H and O–H groups in total. The molecule has 0 bridgehead atoms. The number of halogens is 1. The normalized spacial score (nSPS) is 10.3. The summed E-state index contributed by atoms with van der Waals surface area (Å²) >= 11 is 0. The summed E-state index contributed by atoms with van der Waals surface area (Å²) in [5.41, 5.74) is 1.71. The fourth-order valence-corrected chi connectivity index (χ4v) is 1.80. The summed E-state index contributed by atoms with van der Waals surface area (Å²) in [5, 5.41) is 2.52. The first-order valence-corrected chi connectivity index (χ1v) is 6.15. The quantitative estimate of drug-likeness (QED) is 0.801. The fraction of sp³-hybridized carbons (Fsp3) is 0. The van der Waals surface area contributed by atoms with Crippen molar-refractivity contribution in [3.63, 3.8) is 0 Å². The van der Waals surface area contributed by atoms with Crippen molar-refractivity contribution in [3.05, 3.63) is 66.4 Å². The molecule has 1 amide bonds. The van der Waals surface area contributed by atoms with Crippen molar-refractivity contribution in [2.24, 2.45) is 0 Å². The zero-order valence-corrected chi connectivity index (χ0v) is 10.8. The first-order chi connectivity index (χ1) is 10.2. The van der Waals surface area contributed by atoms with Gasteiger partial charge >= 0.3 is 6.01 Å². The number of aromatic nitrogens is 2. The number of rotatable bonds is 3. The molecule has 6 heteroatoms. The molecule has 2 aromatic heterocycles. The average Bonchev–Trinajstić information content (AvgIpc) is 3.01. The number of nitrogens with one attached hydrogen (secondary N) is 1. The van der Waals surface area contributed by atoms with Crippen LogP contribution in [0.15, 0.2) is 59.5 Å². The first-order valence-electron chi connectivity index (χ1n) is 6.15. The molecular formula is C15H10FN3O2. The van der Waals surface area contributed by atoms with Crippen LogP contribution in [0.4, 0.5) is 10.4 Å². The Bertz CT molecular complexity index is 755. The van der Waals surface area contributed by atoms with Gasteiger partial charge in [-0.05, 0) is 36.4 Å². The van der Waals surface area contributed by atoms with Crippen molar-refractivity contribution < 1.29 is 13.6 Å². The van der Waals surface area contributed by atoms with Crippen molar-refractivity contribution >= 4 is 11.9 Å². The predicted octanol–water partition coefficient (Wildman–Crippen LogP) is 3.13. The molecule has 104 valence electrons. The van der Waals surface area contributed by atoms with Crippen LogP contribution in [0.3, 0.4) is 0 Å². The van der Waals surface area contributed by atoms with Gasteiger partial charge in [0.15, 0.2) is 0 Å². The fourth-order valence-electron chi connectivity index (χ4n) is 1.80. The van der Waals surface area contributed by atoms with Gasteiger partial charge in [0.25, 0.3) is 5.91 Å². The summed E-state index contributed by atoms with van der Waals surface area (Å²) in [5.74, 6) is -0.681. The van der Waals surface area contributed by atoms with Crippen LogP contribution in [-0.4, -0.2) is 15.9 Å². The van der Waals surface area contributed by atoms with Crippen LogP contribution in [0.1, 0.15) is 10.4 Å². The topological polar surface area (TPSA) is 68.0 Å². The van der Waals surface area contributed by atoms with Crippen LogP contribution in [-0.2, 0) is 0 Å². The number of carbonyl (C=O) groups is 1. The summed E-state index contributed by atoms with van der Waals surface area (Å²) in [6.07, 6.45) is 4.32. The minimum absolute atomic E-state index is 0.125. The lowest BCUT2D eigenvalue weighted by Gasteiger charge is -2.04. The second-order valence-electron chi connectivity index (χ2n) is 4.23. The van der Waals surface area contributed by atoms with E-state index in [9.17, 15) is 9.18 Å². The van der Waals surface area contributed by atoms with Gasteiger partial charge in [0.2, 0.25) is 0 Å². The Morgan fingerprint density at radius 2 is 1.90 bits per heavy atom. The highest BCUT2D eigenvalue weighted by Gasteiger charge is 2.10. The number of amides is 1. The second-order valence-corrected chi connectivity index (χ2v) is 4.23. The monoisotopic (exact) mass is 283 g/mol. The van der Waals surface area contributed by atoms with Crippen LogP contribution >= 0.6 is 0 Å². The number of pyridine rings is 1. The SMILES string of the molecule is O=C(Nc1ncco1)c1ccnc(-c2ccc(F)cc2)c1. The molecule has 21 heavy (non-hydrogen) atoms. The number of oxazole rings is 1. The Kier molecular flexibility index (Phi) is 3.42. The minimum Gasteiger partial charge on any atom is -0.432 e. The molecule has 0 aliphatic carbocycles. The zero-order valence-electron chi connectivity index (χ0n) is 10.8. The Morgan fingerprint density at radius 1 is 1.10 bits per heavy atom. The average molecular weight is 283 g/mol. The summed E-state index contributed by atoms with van der Waals surface area (Å²) in [6.45, 7) is 0. The summed E-state index contributed by atoms with van der Waals surface area (Å²) < 4.78 is 17.9. The molecule has 5 nitrogen and oxygen atoms in total. The van der Waals surface area contributed by atoms with E-state index in [1.807, 2.05) is 0 Å². The molecule has 3 aromatic rings. The van der Waals surface area contributed by atoms with Crippen molar-refractivity contribution in [1.82, 2.24) is 9.97 Å². The highest BCUT2D eigenvalue weighted by atomic mass is 19.1. The van der Waals surface area contributed by atoms with E-state index in [0.717, 1.165) is 5.56 Å². The highest BCUT2D eigenvalue weighted by Crippen LogP contribution is 2.18. The van der Waals surface area contributed by atoms with Gasteiger partial charge in [-0.2, -0.15) is 0 Å². The lowest BCUT2D eigenvalue weighted by molar-refractivity contribution is 0.102. The molecule has 0 atom stereocenters. The van der Waals surface area contributed by atoms with E-state index in [1.54, 1.807) is 24.3 Å². The molecule has 0 spiro atoms. The lowest BCUT2D eigenvalue weighted by atomic mass is 10.1. The standard InChI is InChI=1S/C15H10FN3O2/c16-12-3-1-10(2-4-12)13-9-11(5-6-17-13)14(20)19-15-18-7-8-21-15/h1-9H,(H,18,19,20). The van der Waals surface area contributed by atoms with E-state index in [4.69, 9.17) is 4.42 Å². The van der Waals surface area contributed by atoms with Crippen LogP contribution in [0.2, 0.25) is 0 Å². The van der Waals surface area contributed by atoms with Crippen LogP contribution in [0.25, 0.3) is 11.3 Å². The highest BCUT2D eigenvalue weighted by molar-refractivity contribution is 6.03. The number of nitrogens with zero attached hydrogens (tertiary/aromatic N) is 2. The molecule has 0 radical (unpaired) electrons. The van der Waals surface area contributed by atoms with Gasteiger partial charge in [-0.3, -0.25) is 15.1 Å². The molecule has 0 fully saturated rings. The maximum atomic E-state index is 12.9. The van der Waals surface area contributed by atoms with E-state index >= 15 is 0 Å². The first kappa shape index (κ1) is 13.0. The Morgan fingerprint density at radius 3 is 2.62 bits per heavy atom. The van der Waals surface area contributed by atoms with Gasteiger partial charge in [0.05, 0.1) is 11.9 Å². The van der Waals surface area contributed by atoms with Gasteiger partial charge in [-0.1, -0.05) is 0 Å². The molecule has 0 unspecified atom stereocenters. The van der Waals surface area contributed by atoms with E-state index in [1.165, 1.54) is 30.8 Å². The third kappa shape index (κ3) is 2.94. The molecule has 3 rings (SSSR count). The van der Waals surface area contributed by atoms with Gasteiger partial charge in [-0.15, -0.1) is 0 Å². The number of hydrogen-bond donors (Lipinski definition) is 1. The second kappa shape index (κ2) is 5.54. The van der Waals surface area contributed by atoms with Gasteiger partial charge in [-0.25, -0.2) is 9.37 Å². The Labute approximate surface area is 119 Å². The molecule has 0 aliphatic heterocycles. The van der Waals surface area contributed by atoms with E-state index < -0.39 is 0 Å². The van der Waals surface area contributed by atoms with Crippen LogP contribution in [0.5, 0.6) is 0 Å². The molecule has 0 aliphatic rings. The molecule has 0 saturated heterocycles. The minimum atomic E-state index is -0.358. The van der Waals surface area contributed by atoms with E-state index in [0.29, 0.717) is 11.3 Å². The number of benzene rings is 1. The third-order valence-electron chi connectivity index (χ3n) is 2.81. The number of hydrogen-bond acceptors (Lipinski definition) is 4. The molecule has 1 aromatic carbocycles.